The van der Waals surface area contributed by atoms with Crippen LogP contribution in [0.4, 0.5) is 0 Å². The first kappa shape index (κ1) is 14.7. The van der Waals surface area contributed by atoms with Crippen molar-refractivity contribution >= 4 is 17.2 Å². The molecule has 0 aliphatic rings. The van der Waals surface area contributed by atoms with Crippen molar-refractivity contribution in [1.82, 2.24) is 24.7 Å². The van der Waals surface area contributed by atoms with Gasteiger partial charge in [0.25, 0.3) is 0 Å². The summed E-state index contributed by atoms with van der Waals surface area (Å²) in [6.07, 6.45) is 7.10. The lowest BCUT2D eigenvalue weighted by molar-refractivity contribution is 0.414. The summed E-state index contributed by atoms with van der Waals surface area (Å²) in [4.78, 5) is 13.0. The number of aromatic nitrogens is 4. The molecule has 0 amide bonds. The number of hydrogen-bond acceptors (Lipinski definition) is 5. The van der Waals surface area contributed by atoms with Crippen LogP contribution in [0.2, 0.25) is 5.15 Å². The average molecular weight is 318 g/mol. The highest BCUT2D eigenvalue weighted by molar-refractivity contribution is 6.32. The molecule has 0 aliphatic carbocycles. The third kappa shape index (κ3) is 2.75. The van der Waals surface area contributed by atoms with Crippen LogP contribution >= 0.6 is 11.6 Å². The molecule has 6 nitrogen and oxygen atoms in total. The summed E-state index contributed by atoms with van der Waals surface area (Å²) in [6.45, 7) is 3.63. The van der Waals surface area contributed by atoms with Crippen molar-refractivity contribution < 1.29 is 4.74 Å². The van der Waals surface area contributed by atoms with E-state index in [9.17, 15) is 0 Å². The number of halogens is 1. The maximum Gasteiger partial charge on any atom is 0.174 e. The van der Waals surface area contributed by atoms with Crippen LogP contribution in [0, 0.1) is 0 Å². The molecular weight excluding hydrogens is 302 g/mol. The number of ether oxygens (including phenoxy) is 1. The normalized spacial score (nSPS) is 11.0. The molecule has 0 fully saturated rings. The summed E-state index contributed by atoms with van der Waals surface area (Å²) in [5.74, 6) is 0.656. The molecule has 7 heteroatoms. The number of rotatable bonds is 5. The fourth-order valence-electron chi connectivity index (χ4n) is 2.22. The maximum atomic E-state index is 6.21. The van der Waals surface area contributed by atoms with E-state index in [-0.39, 0.29) is 0 Å². The van der Waals surface area contributed by atoms with Gasteiger partial charge in [0.15, 0.2) is 10.8 Å². The molecule has 0 bridgehead atoms. The summed E-state index contributed by atoms with van der Waals surface area (Å²) in [6, 6.07) is 1.96. The van der Waals surface area contributed by atoms with E-state index in [1.165, 1.54) is 0 Å². The summed E-state index contributed by atoms with van der Waals surface area (Å²) < 4.78 is 7.24. The van der Waals surface area contributed by atoms with Crippen LogP contribution in [0.3, 0.4) is 0 Å². The van der Waals surface area contributed by atoms with Gasteiger partial charge in [-0.05, 0) is 12.6 Å². The maximum absolute atomic E-state index is 6.21. The van der Waals surface area contributed by atoms with Crippen LogP contribution in [-0.4, -0.2) is 33.0 Å². The second-order valence-electron chi connectivity index (χ2n) is 4.73. The Morgan fingerprint density at radius 3 is 3.00 bits per heavy atom. The van der Waals surface area contributed by atoms with Gasteiger partial charge in [0.1, 0.15) is 5.75 Å². The van der Waals surface area contributed by atoms with Crippen molar-refractivity contribution in [3.05, 3.63) is 41.7 Å². The molecule has 0 aliphatic heterocycles. The fraction of sp³-hybridized carbons (Fsp3) is 0.267. The molecule has 0 atom stereocenters. The van der Waals surface area contributed by atoms with E-state index in [1.54, 1.807) is 19.5 Å². The zero-order chi connectivity index (χ0) is 15.5. The molecule has 0 radical (unpaired) electrons. The smallest absolute Gasteiger partial charge is 0.174 e. The van der Waals surface area contributed by atoms with Crippen LogP contribution < -0.4 is 10.1 Å². The Labute approximate surface area is 133 Å². The Morgan fingerprint density at radius 1 is 1.36 bits per heavy atom. The van der Waals surface area contributed by atoms with Gasteiger partial charge in [-0.25, -0.2) is 9.97 Å². The molecule has 0 saturated heterocycles. The molecule has 22 heavy (non-hydrogen) atoms. The molecule has 3 heterocycles. The van der Waals surface area contributed by atoms with E-state index < -0.39 is 0 Å². The number of imidazole rings is 1. The SMILES string of the molecule is CCNCc1cc(-c2cn3ccnc3c(Cl)n2)c(OC)cn1. The van der Waals surface area contributed by atoms with E-state index in [1.807, 2.05) is 22.9 Å². The van der Waals surface area contributed by atoms with Crippen LogP contribution in [0.1, 0.15) is 12.6 Å². The van der Waals surface area contributed by atoms with Gasteiger partial charge in [0.2, 0.25) is 0 Å². The minimum absolute atomic E-state index is 0.356. The van der Waals surface area contributed by atoms with Crippen molar-refractivity contribution in [3.8, 4) is 17.0 Å². The second-order valence-corrected chi connectivity index (χ2v) is 5.09. The van der Waals surface area contributed by atoms with Crippen LogP contribution in [0.25, 0.3) is 16.9 Å². The summed E-state index contributed by atoms with van der Waals surface area (Å²) >= 11 is 6.21. The zero-order valence-corrected chi connectivity index (χ0v) is 13.1. The third-order valence-electron chi connectivity index (χ3n) is 3.31. The molecule has 3 aromatic rings. The van der Waals surface area contributed by atoms with E-state index in [4.69, 9.17) is 16.3 Å². The highest BCUT2D eigenvalue weighted by Crippen LogP contribution is 2.30. The molecule has 3 aromatic heterocycles. The number of methoxy groups -OCH3 is 1. The molecule has 114 valence electrons. The molecule has 0 aromatic carbocycles. The monoisotopic (exact) mass is 317 g/mol. The van der Waals surface area contributed by atoms with Gasteiger partial charge in [0, 0.05) is 30.7 Å². The Kier molecular flexibility index (Phi) is 4.22. The molecule has 3 rings (SSSR count). The highest BCUT2D eigenvalue weighted by Gasteiger charge is 2.13. The van der Waals surface area contributed by atoms with Gasteiger partial charge in [-0.3, -0.25) is 4.98 Å². The minimum atomic E-state index is 0.356. The number of pyridine rings is 1. The standard InChI is InChI=1S/C15H16ClN5O/c1-3-17-7-10-6-11(13(22-2)8-19-10)12-9-21-5-4-18-15(21)14(16)20-12/h4-6,8-9,17H,3,7H2,1-2H3. The molecule has 1 N–H and O–H groups in total. The van der Waals surface area contributed by atoms with Crippen molar-refractivity contribution in [3.63, 3.8) is 0 Å². The van der Waals surface area contributed by atoms with Crippen LogP contribution in [0.5, 0.6) is 5.75 Å². The van der Waals surface area contributed by atoms with Gasteiger partial charge in [-0.15, -0.1) is 0 Å². The van der Waals surface area contributed by atoms with Gasteiger partial charge in [0.05, 0.1) is 24.7 Å². The third-order valence-corrected chi connectivity index (χ3v) is 3.56. The van der Waals surface area contributed by atoms with Crippen molar-refractivity contribution in [1.29, 1.82) is 0 Å². The van der Waals surface area contributed by atoms with Gasteiger partial charge in [-0.2, -0.15) is 0 Å². The Hall–Kier alpha value is -2.18. The van der Waals surface area contributed by atoms with Gasteiger partial charge >= 0.3 is 0 Å². The van der Waals surface area contributed by atoms with E-state index >= 15 is 0 Å². The van der Waals surface area contributed by atoms with Crippen molar-refractivity contribution in [2.45, 2.75) is 13.5 Å². The molecular formula is C15H16ClN5O. The molecule has 0 spiro atoms. The summed E-state index contributed by atoms with van der Waals surface area (Å²) in [7, 11) is 1.61. The van der Waals surface area contributed by atoms with Crippen LogP contribution in [-0.2, 0) is 6.54 Å². The summed E-state index contributed by atoms with van der Waals surface area (Å²) in [5.41, 5.74) is 3.11. The zero-order valence-electron chi connectivity index (χ0n) is 12.4. The van der Waals surface area contributed by atoms with Crippen LogP contribution in [0.15, 0.2) is 30.9 Å². The molecule has 0 unspecified atom stereocenters. The van der Waals surface area contributed by atoms with Crippen molar-refractivity contribution in [2.24, 2.45) is 0 Å². The fourth-order valence-corrected chi connectivity index (χ4v) is 2.46. The average Bonchev–Trinajstić information content (AvgIpc) is 3.01. The quantitative estimate of drug-likeness (QED) is 0.783. The lowest BCUT2D eigenvalue weighted by Gasteiger charge is -2.11. The first-order chi connectivity index (χ1) is 10.7. The van der Waals surface area contributed by atoms with E-state index in [0.29, 0.717) is 28.8 Å². The number of hydrogen-bond donors (Lipinski definition) is 1. The van der Waals surface area contributed by atoms with Crippen molar-refractivity contribution in [2.75, 3.05) is 13.7 Å². The predicted molar refractivity (Wildman–Crippen MR) is 85.2 cm³/mol. The van der Waals surface area contributed by atoms with Gasteiger partial charge < -0.3 is 14.5 Å². The number of fused-ring (bicyclic) bond motifs is 1. The van der Waals surface area contributed by atoms with E-state index in [0.717, 1.165) is 17.8 Å². The highest BCUT2D eigenvalue weighted by atomic mass is 35.5. The van der Waals surface area contributed by atoms with E-state index in [2.05, 4.69) is 27.2 Å². The topological polar surface area (TPSA) is 64.3 Å². The first-order valence-electron chi connectivity index (χ1n) is 6.96. The lowest BCUT2D eigenvalue weighted by atomic mass is 10.1. The number of nitrogens with zero attached hydrogens (tertiary/aromatic N) is 4. The second kappa shape index (κ2) is 6.29. The summed E-state index contributed by atoms with van der Waals surface area (Å²) in [5, 5.41) is 3.61. The number of nitrogens with one attached hydrogen (secondary N) is 1. The Morgan fingerprint density at radius 2 is 2.23 bits per heavy atom. The molecule has 0 saturated carbocycles. The van der Waals surface area contributed by atoms with Gasteiger partial charge in [-0.1, -0.05) is 18.5 Å². The first-order valence-corrected chi connectivity index (χ1v) is 7.34. The predicted octanol–water partition coefficient (Wildman–Crippen LogP) is 2.56. The lowest BCUT2D eigenvalue weighted by Crippen LogP contribution is -2.13. The Bertz CT molecular complexity index is 802. The Balaban J connectivity index is 2.10. The largest absolute Gasteiger partial charge is 0.494 e. The minimum Gasteiger partial charge on any atom is -0.494 e.